The van der Waals surface area contributed by atoms with E-state index in [0.29, 0.717) is 17.4 Å². The molecule has 5 heteroatoms. The first-order valence-corrected chi connectivity index (χ1v) is 7.53. The lowest BCUT2D eigenvalue weighted by atomic mass is 9.59. The number of rotatable bonds is 0. The average molecular weight is 282 g/mol. The number of aliphatic hydroxyl groups excluding tert-OH is 1. The van der Waals surface area contributed by atoms with Crippen LogP contribution in [0, 0.1) is 17.8 Å². The van der Waals surface area contributed by atoms with Crippen molar-refractivity contribution in [3.63, 3.8) is 0 Å². The summed E-state index contributed by atoms with van der Waals surface area (Å²) in [6.45, 7) is 8.15. The van der Waals surface area contributed by atoms with E-state index in [4.69, 9.17) is 19.2 Å². The molecule has 7 atom stereocenters. The number of hydrogen-bond acceptors (Lipinski definition) is 5. The Kier molecular flexibility index (Phi) is 2.68. The fraction of sp³-hybridized carbons (Fsp3) is 0.867. The summed E-state index contributed by atoms with van der Waals surface area (Å²) < 4.78 is 11.7. The molecular formula is C15H22O5. The van der Waals surface area contributed by atoms with Gasteiger partial charge >= 0.3 is 0 Å². The maximum Gasteiger partial charge on any atom is 0.201 e. The van der Waals surface area contributed by atoms with Crippen LogP contribution in [0.5, 0.6) is 0 Å². The predicted molar refractivity (Wildman–Crippen MR) is 69.0 cm³/mol. The van der Waals surface area contributed by atoms with E-state index in [1.807, 2.05) is 6.92 Å². The predicted octanol–water partition coefficient (Wildman–Crippen LogP) is 2.11. The molecule has 1 aliphatic carbocycles. The Bertz CT molecular complexity index is 452. The van der Waals surface area contributed by atoms with E-state index in [1.54, 1.807) is 0 Å². The molecule has 5 nitrogen and oxygen atoms in total. The molecular weight excluding hydrogens is 260 g/mol. The van der Waals surface area contributed by atoms with E-state index in [2.05, 4.69) is 13.5 Å². The normalized spacial score (nSPS) is 58.1. The third kappa shape index (κ3) is 1.50. The molecule has 112 valence electrons. The first-order valence-electron chi connectivity index (χ1n) is 7.53. The zero-order chi connectivity index (χ0) is 14.1. The number of fused-ring (bicyclic) bond motifs is 2. The van der Waals surface area contributed by atoms with Crippen molar-refractivity contribution in [2.75, 3.05) is 0 Å². The van der Waals surface area contributed by atoms with Gasteiger partial charge in [0.25, 0.3) is 0 Å². The van der Waals surface area contributed by atoms with Crippen LogP contribution in [-0.4, -0.2) is 29.1 Å². The zero-order valence-corrected chi connectivity index (χ0v) is 12.0. The molecule has 4 aliphatic heterocycles. The summed E-state index contributed by atoms with van der Waals surface area (Å²) >= 11 is 0. The van der Waals surface area contributed by atoms with Crippen LogP contribution >= 0.6 is 0 Å². The minimum absolute atomic E-state index is 0.0279. The maximum absolute atomic E-state index is 10.1. The minimum Gasteiger partial charge on any atom is -0.364 e. The summed E-state index contributed by atoms with van der Waals surface area (Å²) in [6, 6.07) is 0. The Balaban J connectivity index is 1.84. The molecule has 0 aromatic rings. The topological polar surface area (TPSA) is 57.2 Å². The highest BCUT2D eigenvalue weighted by atomic mass is 17.3. The third-order valence-electron chi connectivity index (χ3n) is 5.74. The monoisotopic (exact) mass is 282 g/mol. The summed E-state index contributed by atoms with van der Waals surface area (Å²) in [5.74, 6) is 0.0728. The molecule has 5 fully saturated rings. The minimum atomic E-state index is -0.976. The quantitative estimate of drug-likeness (QED) is 0.545. The van der Waals surface area contributed by atoms with Gasteiger partial charge < -0.3 is 14.6 Å². The zero-order valence-electron chi connectivity index (χ0n) is 12.0. The van der Waals surface area contributed by atoms with Gasteiger partial charge in [0, 0.05) is 12.3 Å². The molecule has 4 saturated heterocycles. The summed E-state index contributed by atoms with van der Waals surface area (Å²) in [4.78, 5) is 11.5. The van der Waals surface area contributed by atoms with E-state index in [9.17, 15) is 5.11 Å². The van der Waals surface area contributed by atoms with Crippen LogP contribution in [0.4, 0.5) is 0 Å². The van der Waals surface area contributed by atoms with Gasteiger partial charge in [-0.25, -0.2) is 9.78 Å². The van der Waals surface area contributed by atoms with Crippen LogP contribution in [-0.2, 0) is 19.2 Å². The number of ether oxygens (including phenoxy) is 2. The van der Waals surface area contributed by atoms with Crippen LogP contribution in [0.1, 0.15) is 39.5 Å². The van der Waals surface area contributed by atoms with Crippen LogP contribution in [0.15, 0.2) is 12.2 Å². The molecule has 1 N–H and O–H groups in total. The summed E-state index contributed by atoms with van der Waals surface area (Å²) in [5.41, 5.74) is 0.0418. The van der Waals surface area contributed by atoms with Crippen LogP contribution < -0.4 is 0 Å². The molecule has 0 aromatic heterocycles. The highest BCUT2D eigenvalue weighted by Crippen LogP contribution is 2.59. The van der Waals surface area contributed by atoms with Gasteiger partial charge in [0.1, 0.15) is 0 Å². The van der Waals surface area contributed by atoms with Gasteiger partial charge in [-0.05, 0) is 43.6 Å². The number of aliphatic hydroxyl groups is 1. The van der Waals surface area contributed by atoms with Gasteiger partial charge in [0.2, 0.25) is 5.79 Å². The van der Waals surface area contributed by atoms with E-state index >= 15 is 0 Å². The van der Waals surface area contributed by atoms with Crippen molar-refractivity contribution in [3.8, 4) is 0 Å². The lowest BCUT2D eigenvalue weighted by molar-refractivity contribution is -0.567. The molecule has 1 spiro atoms. The SMILES string of the molecule is C=C1C2CC[C@@H](C)C3CC[C@@]4(C)OO[C@@]23[C@H](O[C@@H]1O)O4. The van der Waals surface area contributed by atoms with Gasteiger partial charge in [0.15, 0.2) is 18.2 Å². The second-order valence-corrected chi connectivity index (χ2v) is 6.92. The second kappa shape index (κ2) is 4.05. The molecule has 0 radical (unpaired) electrons. The van der Waals surface area contributed by atoms with Crippen molar-refractivity contribution >= 4 is 0 Å². The largest absolute Gasteiger partial charge is 0.364 e. The first-order chi connectivity index (χ1) is 9.46. The van der Waals surface area contributed by atoms with Gasteiger partial charge in [-0.2, -0.15) is 0 Å². The Morgan fingerprint density at radius 2 is 2.05 bits per heavy atom. The summed E-state index contributed by atoms with van der Waals surface area (Å²) in [5, 5.41) is 10.1. The third-order valence-corrected chi connectivity index (χ3v) is 5.74. The molecule has 5 rings (SSSR count). The lowest BCUT2D eigenvalue weighted by Gasteiger charge is -2.58. The molecule has 0 aromatic carbocycles. The Morgan fingerprint density at radius 1 is 1.25 bits per heavy atom. The van der Waals surface area contributed by atoms with Gasteiger partial charge in [0.05, 0.1) is 0 Å². The molecule has 1 saturated carbocycles. The van der Waals surface area contributed by atoms with Crippen molar-refractivity contribution in [1.82, 2.24) is 0 Å². The number of hydrogen-bond donors (Lipinski definition) is 1. The van der Waals surface area contributed by atoms with Gasteiger partial charge in [-0.1, -0.05) is 13.5 Å². The second-order valence-electron chi connectivity index (χ2n) is 6.92. The van der Waals surface area contributed by atoms with Crippen molar-refractivity contribution in [2.24, 2.45) is 17.8 Å². The molecule has 2 unspecified atom stereocenters. The van der Waals surface area contributed by atoms with Crippen molar-refractivity contribution < 1.29 is 24.4 Å². The summed E-state index contributed by atoms with van der Waals surface area (Å²) in [7, 11) is 0. The van der Waals surface area contributed by atoms with Gasteiger partial charge in [-0.15, -0.1) is 0 Å². The molecule has 2 bridgehead atoms. The fourth-order valence-corrected chi connectivity index (χ4v) is 4.57. The van der Waals surface area contributed by atoms with E-state index in [-0.39, 0.29) is 5.92 Å². The van der Waals surface area contributed by atoms with Crippen molar-refractivity contribution in [1.29, 1.82) is 0 Å². The highest BCUT2D eigenvalue weighted by molar-refractivity contribution is 5.21. The van der Waals surface area contributed by atoms with Crippen LogP contribution in [0.2, 0.25) is 0 Å². The van der Waals surface area contributed by atoms with E-state index in [1.165, 1.54) is 0 Å². The Morgan fingerprint density at radius 3 is 2.85 bits per heavy atom. The van der Waals surface area contributed by atoms with E-state index < -0.39 is 24.0 Å². The molecule has 5 aliphatic rings. The van der Waals surface area contributed by atoms with Crippen LogP contribution in [0.3, 0.4) is 0 Å². The van der Waals surface area contributed by atoms with Crippen molar-refractivity contribution in [3.05, 3.63) is 12.2 Å². The smallest absolute Gasteiger partial charge is 0.201 e. The van der Waals surface area contributed by atoms with E-state index in [0.717, 1.165) is 25.7 Å². The lowest BCUT2D eigenvalue weighted by Crippen LogP contribution is -2.68. The Hall–Kier alpha value is -0.460. The summed E-state index contributed by atoms with van der Waals surface area (Å²) in [6.07, 6.45) is 2.24. The maximum atomic E-state index is 10.1. The first kappa shape index (κ1) is 13.2. The van der Waals surface area contributed by atoms with Crippen LogP contribution in [0.25, 0.3) is 0 Å². The molecule has 20 heavy (non-hydrogen) atoms. The average Bonchev–Trinajstić information content (AvgIpc) is 2.63. The fourth-order valence-electron chi connectivity index (χ4n) is 4.57. The van der Waals surface area contributed by atoms with Gasteiger partial charge in [-0.3, -0.25) is 0 Å². The van der Waals surface area contributed by atoms with Crippen molar-refractivity contribution in [2.45, 2.75) is 63.5 Å². The standard InChI is InChI=1S/C15H22O5/c1-8-4-5-11-9(2)12(16)17-13-15(11)10(8)6-7-14(3,18-13)19-20-15/h8,10-13,16H,2,4-7H2,1,3H3/t8-,10?,11?,12+,13-,14-,15-/m1/s1. The highest BCUT2D eigenvalue weighted by Gasteiger charge is 2.68. The Labute approximate surface area is 118 Å². The molecule has 4 heterocycles. The molecule has 0 amide bonds.